The van der Waals surface area contributed by atoms with Gasteiger partial charge in [-0.1, -0.05) is 17.7 Å². The molecule has 0 amide bonds. The lowest BCUT2D eigenvalue weighted by Crippen LogP contribution is -2.49. The molecule has 3 nitrogen and oxygen atoms in total. The van der Waals surface area contributed by atoms with Crippen molar-refractivity contribution in [3.63, 3.8) is 0 Å². The minimum atomic E-state index is 0.286. The van der Waals surface area contributed by atoms with Crippen LogP contribution in [-0.2, 0) is 6.54 Å². The van der Waals surface area contributed by atoms with Crippen molar-refractivity contribution in [1.29, 1.82) is 0 Å². The van der Waals surface area contributed by atoms with Crippen LogP contribution in [0.4, 0.5) is 0 Å². The molecule has 1 aliphatic rings. The lowest BCUT2D eigenvalue weighted by atomic mass is 9.98. The van der Waals surface area contributed by atoms with Crippen LogP contribution in [0.1, 0.15) is 39.2 Å². The molecule has 0 radical (unpaired) electrons. The van der Waals surface area contributed by atoms with Gasteiger partial charge in [0.25, 0.3) is 0 Å². The van der Waals surface area contributed by atoms with Gasteiger partial charge in [0.15, 0.2) is 0 Å². The summed E-state index contributed by atoms with van der Waals surface area (Å²) in [5, 5.41) is 4.33. The number of methoxy groups -OCH3 is 1. The number of hydrogen-bond acceptors (Lipinski definition) is 3. The molecule has 1 fully saturated rings. The minimum Gasteiger partial charge on any atom is -0.495 e. The van der Waals surface area contributed by atoms with Crippen LogP contribution in [0, 0.1) is 0 Å². The molecule has 1 N–H and O–H groups in total. The van der Waals surface area contributed by atoms with Crippen LogP contribution in [0.25, 0.3) is 0 Å². The third-order valence-electron chi connectivity index (χ3n) is 4.25. The number of likely N-dealkylation sites (tertiary alicyclic amines) is 1. The summed E-state index contributed by atoms with van der Waals surface area (Å²) < 4.78 is 5.18. The molecular weight excluding hydrogens is 284 g/mol. The molecule has 21 heavy (non-hydrogen) atoms. The number of rotatable bonds is 4. The Morgan fingerprint density at radius 3 is 2.48 bits per heavy atom. The average Bonchev–Trinajstić information content (AvgIpc) is 2.45. The average molecular weight is 311 g/mol. The molecule has 2 rings (SSSR count). The normalized spacial score (nSPS) is 18.0. The van der Waals surface area contributed by atoms with E-state index in [4.69, 9.17) is 16.3 Å². The molecule has 0 bridgehead atoms. The maximum atomic E-state index is 6.16. The van der Waals surface area contributed by atoms with Crippen molar-refractivity contribution in [2.45, 2.75) is 51.7 Å². The third-order valence-corrected chi connectivity index (χ3v) is 4.55. The summed E-state index contributed by atoms with van der Waals surface area (Å²) in [6, 6.07) is 6.59. The van der Waals surface area contributed by atoms with Gasteiger partial charge in [-0.3, -0.25) is 4.90 Å². The van der Waals surface area contributed by atoms with Crippen molar-refractivity contribution in [2.24, 2.45) is 0 Å². The van der Waals surface area contributed by atoms with Gasteiger partial charge in [-0.15, -0.1) is 0 Å². The molecule has 1 aliphatic heterocycles. The summed E-state index contributed by atoms with van der Waals surface area (Å²) in [5.74, 6) is 0.735. The molecule has 0 saturated carbocycles. The minimum absolute atomic E-state index is 0.286. The molecule has 0 aromatic heterocycles. The van der Waals surface area contributed by atoms with Crippen LogP contribution in [0.3, 0.4) is 0 Å². The fourth-order valence-corrected chi connectivity index (χ4v) is 3.12. The van der Waals surface area contributed by atoms with Crippen LogP contribution < -0.4 is 10.1 Å². The Balaban J connectivity index is 1.81. The lowest BCUT2D eigenvalue weighted by molar-refractivity contribution is 0.0960. The molecular formula is C17H27ClN2O. The lowest BCUT2D eigenvalue weighted by Gasteiger charge is -2.41. The van der Waals surface area contributed by atoms with E-state index in [-0.39, 0.29) is 5.54 Å². The van der Waals surface area contributed by atoms with Crippen molar-refractivity contribution in [3.05, 3.63) is 28.8 Å². The summed E-state index contributed by atoms with van der Waals surface area (Å²) in [7, 11) is 1.64. The van der Waals surface area contributed by atoms with Crippen LogP contribution in [0.2, 0.25) is 5.02 Å². The van der Waals surface area contributed by atoms with Crippen LogP contribution in [-0.4, -0.2) is 36.7 Å². The van der Waals surface area contributed by atoms with Gasteiger partial charge in [0.05, 0.1) is 12.1 Å². The second-order valence-electron chi connectivity index (χ2n) is 6.78. The highest BCUT2D eigenvalue weighted by Crippen LogP contribution is 2.25. The van der Waals surface area contributed by atoms with Gasteiger partial charge in [0.1, 0.15) is 5.75 Å². The maximum Gasteiger partial charge on any atom is 0.137 e. The van der Waals surface area contributed by atoms with Gasteiger partial charge in [-0.05, 0) is 51.3 Å². The third kappa shape index (κ3) is 4.60. The zero-order chi connectivity index (χ0) is 15.5. The molecule has 0 unspecified atom stereocenters. The molecule has 0 atom stereocenters. The predicted octanol–water partition coefficient (Wildman–Crippen LogP) is 3.70. The Kier molecular flexibility index (Phi) is 5.53. The van der Waals surface area contributed by atoms with Gasteiger partial charge < -0.3 is 10.1 Å². The highest BCUT2D eigenvalue weighted by Gasteiger charge is 2.26. The molecule has 0 aliphatic carbocycles. The number of ether oxygens (including phenoxy) is 1. The zero-order valence-electron chi connectivity index (χ0n) is 13.6. The van der Waals surface area contributed by atoms with Gasteiger partial charge in [0.2, 0.25) is 0 Å². The van der Waals surface area contributed by atoms with Gasteiger partial charge in [-0.25, -0.2) is 0 Å². The van der Waals surface area contributed by atoms with E-state index in [1.165, 1.54) is 31.5 Å². The Morgan fingerprint density at radius 2 is 1.95 bits per heavy atom. The molecule has 118 valence electrons. The van der Waals surface area contributed by atoms with Gasteiger partial charge >= 0.3 is 0 Å². The van der Waals surface area contributed by atoms with Crippen LogP contribution in [0.15, 0.2) is 18.2 Å². The van der Waals surface area contributed by atoms with E-state index in [1.807, 2.05) is 12.1 Å². The first-order valence-corrected chi connectivity index (χ1v) is 8.09. The van der Waals surface area contributed by atoms with Crippen molar-refractivity contribution >= 4 is 11.6 Å². The predicted molar refractivity (Wildman–Crippen MR) is 89.2 cm³/mol. The number of halogens is 1. The van der Waals surface area contributed by atoms with E-state index in [1.54, 1.807) is 7.11 Å². The van der Waals surface area contributed by atoms with Crippen molar-refractivity contribution < 1.29 is 4.74 Å². The molecule has 1 heterocycles. The highest BCUT2D eigenvalue weighted by molar-refractivity contribution is 6.32. The van der Waals surface area contributed by atoms with E-state index in [0.717, 1.165) is 12.3 Å². The molecule has 1 aromatic carbocycles. The quantitative estimate of drug-likeness (QED) is 0.917. The zero-order valence-corrected chi connectivity index (χ0v) is 14.3. The van der Waals surface area contributed by atoms with E-state index < -0.39 is 0 Å². The summed E-state index contributed by atoms with van der Waals surface area (Å²) >= 11 is 6.16. The Labute approximate surface area is 133 Å². The molecule has 1 saturated heterocycles. The van der Waals surface area contributed by atoms with Crippen molar-refractivity contribution in [2.75, 3.05) is 20.2 Å². The standard InChI is InChI=1S/C17H27ClN2O/c1-17(2,3)20-9-7-14(8-10-20)19-12-13-5-6-16(21-4)15(18)11-13/h5-6,11,14,19H,7-10,12H2,1-4H3. The van der Waals surface area contributed by atoms with Crippen molar-refractivity contribution in [3.8, 4) is 5.75 Å². The summed E-state index contributed by atoms with van der Waals surface area (Å²) in [5.41, 5.74) is 1.49. The Bertz CT molecular complexity index is 462. The maximum absolute atomic E-state index is 6.16. The smallest absolute Gasteiger partial charge is 0.137 e. The first-order chi connectivity index (χ1) is 9.90. The summed E-state index contributed by atoms with van der Waals surface area (Å²) in [6.07, 6.45) is 2.42. The topological polar surface area (TPSA) is 24.5 Å². The van der Waals surface area contributed by atoms with E-state index in [9.17, 15) is 0 Å². The summed E-state index contributed by atoms with van der Waals surface area (Å²) in [4.78, 5) is 2.56. The van der Waals surface area contributed by atoms with Crippen LogP contribution in [0.5, 0.6) is 5.75 Å². The summed E-state index contributed by atoms with van der Waals surface area (Å²) in [6.45, 7) is 10.1. The van der Waals surface area contributed by atoms with E-state index in [2.05, 4.69) is 37.1 Å². The van der Waals surface area contributed by atoms with E-state index >= 15 is 0 Å². The van der Waals surface area contributed by atoms with Crippen molar-refractivity contribution in [1.82, 2.24) is 10.2 Å². The number of nitrogens with zero attached hydrogens (tertiary/aromatic N) is 1. The first kappa shape index (κ1) is 16.6. The monoisotopic (exact) mass is 310 g/mol. The fourth-order valence-electron chi connectivity index (χ4n) is 2.84. The number of nitrogens with one attached hydrogen (secondary N) is 1. The fraction of sp³-hybridized carbons (Fsp3) is 0.647. The SMILES string of the molecule is COc1ccc(CNC2CCN(C(C)(C)C)CC2)cc1Cl. The second-order valence-corrected chi connectivity index (χ2v) is 7.19. The largest absolute Gasteiger partial charge is 0.495 e. The first-order valence-electron chi connectivity index (χ1n) is 7.71. The highest BCUT2D eigenvalue weighted by atomic mass is 35.5. The number of hydrogen-bond donors (Lipinski definition) is 1. The molecule has 4 heteroatoms. The van der Waals surface area contributed by atoms with Crippen LogP contribution >= 0.6 is 11.6 Å². The van der Waals surface area contributed by atoms with E-state index in [0.29, 0.717) is 11.1 Å². The Morgan fingerprint density at radius 1 is 1.29 bits per heavy atom. The second kappa shape index (κ2) is 6.99. The molecule has 1 aromatic rings. The number of benzene rings is 1. The Hall–Kier alpha value is -0.770. The molecule has 0 spiro atoms. The number of piperidine rings is 1. The van der Waals surface area contributed by atoms with Gasteiger partial charge in [-0.2, -0.15) is 0 Å². The van der Waals surface area contributed by atoms with Gasteiger partial charge in [0, 0.05) is 31.2 Å².